The lowest BCUT2D eigenvalue weighted by molar-refractivity contribution is -0.158. The van der Waals surface area contributed by atoms with Gasteiger partial charge >= 0.3 is 5.97 Å². The summed E-state index contributed by atoms with van der Waals surface area (Å²) in [6, 6.07) is 13.2. The number of methoxy groups -OCH3 is 2. The van der Waals surface area contributed by atoms with Crippen LogP contribution in [0.4, 0.5) is 11.7 Å². The monoisotopic (exact) mass is 453 g/mol. The number of aromatic nitrogens is 1. The van der Waals surface area contributed by atoms with Crippen molar-refractivity contribution in [2.45, 2.75) is 25.9 Å². The van der Waals surface area contributed by atoms with Crippen LogP contribution in [0.5, 0.6) is 11.5 Å². The first-order chi connectivity index (χ1) is 16.0. The zero-order valence-electron chi connectivity index (χ0n) is 18.9. The van der Waals surface area contributed by atoms with Crippen molar-refractivity contribution < 1.29 is 28.2 Å². The number of anilines is 2. The van der Waals surface area contributed by atoms with Crippen LogP contribution < -0.4 is 19.7 Å². The highest BCUT2D eigenvalue weighted by atomic mass is 16.5. The van der Waals surface area contributed by atoms with Crippen molar-refractivity contribution in [1.29, 1.82) is 0 Å². The maximum absolute atomic E-state index is 12.6. The summed E-state index contributed by atoms with van der Waals surface area (Å²) >= 11 is 0. The Morgan fingerprint density at radius 3 is 2.52 bits per heavy atom. The van der Waals surface area contributed by atoms with E-state index in [1.54, 1.807) is 25.1 Å². The number of para-hydroxylation sites is 2. The van der Waals surface area contributed by atoms with Gasteiger partial charge in [0.15, 0.2) is 23.2 Å². The summed E-state index contributed by atoms with van der Waals surface area (Å²) in [4.78, 5) is 31.7. The van der Waals surface area contributed by atoms with Gasteiger partial charge in [0.2, 0.25) is 0 Å². The minimum atomic E-state index is -0.930. The summed E-state index contributed by atoms with van der Waals surface area (Å²) in [6.45, 7) is 2.80. The SMILES string of the molecule is COc1ccc(NC(=O)C(C)OC(=O)C2CCN(c3nc4ccccc4o3)CC2)cc1OC. The lowest BCUT2D eigenvalue weighted by atomic mass is 9.97. The van der Waals surface area contributed by atoms with Gasteiger partial charge in [-0.25, -0.2) is 0 Å². The fraction of sp³-hybridized carbons (Fsp3) is 0.375. The number of carbonyl (C=O) groups excluding carboxylic acids is 2. The lowest BCUT2D eigenvalue weighted by Gasteiger charge is -2.30. The molecule has 174 valence electrons. The van der Waals surface area contributed by atoms with Crippen molar-refractivity contribution in [1.82, 2.24) is 4.98 Å². The fourth-order valence-electron chi connectivity index (χ4n) is 3.78. The molecule has 1 saturated heterocycles. The van der Waals surface area contributed by atoms with Crippen LogP contribution in [0.3, 0.4) is 0 Å². The van der Waals surface area contributed by atoms with E-state index in [0.29, 0.717) is 49.1 Å². The molecule has 3 aromatic rings. The second kappa shape index (κ2) is 9.81. The summed E-state index contributed by atoms with van der Waals surface area (Å²) in [7, 11) is 3.05. The molecule has 9 nitrogen and oxygen atoms in total. The van der Waals surface area contributed by atoms with Gasteiger partial charge in [-0.1, -0.05) is 12.1 Å². The highest BCUT2D eigenvalue weighted by Gasteiger charge is 2.30. The highest BCUT2D eigenvalue weighted by molar-refractivity contribution is 5.95. The Hall–Kier alpha value is -3.75. The third-order valence-corrected chi connectivity index (χ3v) is 5.69. The van der Waals surface area contributed by atoms with Gasteiger partial charge < -0.3 is 28.8 Å². The van der Waals surface area contributed by atoms with E-state index in [0.717, 1.165) is 11.1 Å². The maximum Gasteiger partial charge on any atom is 0.309 e. The van der Waals surface area contributed by atoms with E-state index in [9.17, 15) is 9.59 Å². The van der Waals surface area contributed by atoms with Gasteiger partial charge in [0.1, 0.15) is 5.52 Å². The molecule has 0 radical (unpaired) electrons. The number of nitrogens with zero attached hydrogens (tertiary/aromatic N) is 2. The quantitative estimate of drug-likeness (QED) is 0.541. The number of fused-ring (bicyclic) bond motifs is 1. The van der Waals surface area contributed by atoms with Gasteiger partial charge in [-0.2, -0.15) is 4.98 Å². The smallest absolute Gasteiger partial charge is 0.309 e. The zero-order chi connectivity index (χ0) is 23.4. The van der Waals surface area contributed by atoms with E-state index in [1.807, 2.05) is 29.2 Å². The Bertz CT molecular complexity index is 1100. The molecule has 2 aromatic carbocycles. The first-order valence-corrected chi connectivity index (χ1v) is 10.8. The fourth-order valence-corrected chi connectivity index (χ4v) is 3.78. The van der Waals surface area contributed by atoms with Crippen molar-refractivity contribution in [2.75, 3.05) is 37.5 Å². The number of nitrogens with one attached hydrogen (secondary N) is 1. The number of oxazole rings is 1. The molecule has 33 heavy (non-hydrogen) atoms. The minimum Gasteiger partial charge on any atom is -0.493 e. The van der Waals surface area contributed by atoms with E-state index in [1.165, 1.54) is 14.2 Å². The van der Waals surface area contributed by atoms with Crippen LogP contribution in [-0.4, -0.2) is 50.3 Å². The number of carbonyl (C=O) groups is 2. The standard InChI is InChI=1S/C24H27N3O6/c1-15(22(28)25-17-8-9-20(30-2)21(14-17)31-3)32-23(29)16-10-12-27(13-11-16)24-26-18-6-4-5-7-19(18)33-24/h4-9,14-16H,10-13H2,1-3H3,(H,25,28). The average molecular weight is 453 g/mol. The third kappa shape index (κ3) is 5.02. The largest absolute Gasteiger partial charge is 0.493 e. The predicted molar refractivity (Wildman–Crippen MR) is 123 cm³/mol. The van der Waals surface area contributed by atoms with E-state index >= 15 is 0 Å². The van der Waals surface area contributed by atoms with Crippen LogP contribution in [0, 0.1) is 5.92 Å². The van der Waals surface area contributed by atoms with Crippen LogP contribution in [-0.2, 0) is 14.3 Å². The highest BCUT2D eigenvalue weighted by Crippen LogP contribution is 2.30. The van der Waals surface area contributed by atoms with Crippen LogP contribution in [0.1, 0.15) is 19.8 Å². The van der Waals surface area contributed by atoms with Crippen molar-refractivity contribution in [3.8, 4) is 11.5 Å². The van der Waals surface area contributed by atoms with Crippen LogP contribution in [0.15, 0.2) is 46.9 Å². The first-order valence-electron chi connectivity index (χ1n) is 10.8. The van der Waals surface area contributed by atoms with Crippen molar-refractivity contribution >= 4 is 34.7 Å². The molecular weight excluding hydrogens is 426 g/mol. The van der Waals surface area contributed by atoms with E-state index in [4.69, 9.17) is 18.6 Å². The molecule has 0 bridgehead atoms. The Kier molecular flexibility index (Phi) is 6.67. The third-order valence-electron chi connectivity index (χ3n) is 5.69. The molecule has 0 saturated carbocycles. The molecule has 1 amide bonds. The normalized spacial score (nSPS) is 15.2. The van der Waals surface area contributed by atoms with E-state index < -0.39 is 12.0 Å². The number of hydrogen-bond acceptors (Lipinski definition) is 8. The second-order valence-electron chi connectivity index (χ2n) is 7.86. The molecule has 4 rings (SSSR count). The molecule has 1 N–H and O–H groups in total. The topological polar surface area (TPSA) is 103 Å². The maximum atomic E-state index is 12.6. The number of esters is 1. The number of rotatable bonds is 7. The number of benzene rings is 2. The Labute approximate surface area is 191 Å². The van der Waals surface area contributed by atoms with Crippen LogP contribution in [0.25, 0.3) is 11.1 Å². The molecule has 1 aliphatic heterocycles. The molecule has 1 unspecified atom stereocenters. The van der Waals surface area contributed by atoms with E-state index in [-0.39, 0.29) is 11.9 Å². The van der Waals surface area contributed by atoms with Crippen molar-refractivity contribution in [3.63, 3.8) is 0 Å². The molecule has 1 fully saturated rings. The molecule has 2 heterocycles. The molecule has 0 aliphatic carbocycles. The number of hydrogen-bond donors (Lipinski definition) is 1. The van der Waals surface area contributed by atoms with Gasteiger partial charge in [-0.05, 0) is 44.0 Å². The Balaban J connectivity index is 1.29. The lowest BCUT2D eigenvalue weighted by Crippen LogP contribution is -2.39. The van der Waals surface area contributed by atoms with Crippen LogP contribution >= 0.6 is 0 Å². The second-order valence-corrected chi connectivity index (χ2v) is 7.86. The minimum absolute atomic E-state index is 0.276. The Morgan fingerprint density at radius 1 is 1.09 bits per heavy atom. The van der Waals surface area contributed by atoms with Gasteiger partial charge in [0.25, 0.3) is 11.9 Å². The summed E-state index contributed by atoms with van der Waals surface area (Å²) in [6.07, 6.45) is 0.268. The molecular formula is C24H27N3O6. The number of amides is 1. The molecule has 1 aliphatic rings. The molecule has 9 heteroatoms. The van der Waals surface area contributed by atoms with Gasteiger partial charge in [0.05, 0.1) is 20.1 Å². The van der Waals surface area contributed by atoms with Crippen molar-refractivity contribution in [3.05, 3.63) is 42.5 Å². The summed E-state index contributed by atoms with van der Waals surface area (Å²) in [5.74, 6) is -0.0200. The number of ether oxygens (including phenoxy) is 3. The van der Waals surface area contributed by atoms with Crippen LogP contribution in [0.2, 0.25) is 0 Å². The average Bonchev–Trinajstić information content (AvgIpc) is 3.28. The molecule has 1 aromatic heterocycles. The number of piperidine rings is 1. The van der Waals surface area contributed by atoms with Gasteiger partial charge in [-0.15, -0.1) is 0 Å². The first kappa shape index (κ1) is 22.4. The summed E-state index contributed by atoms with van der Waals surface area (Å²) in [5.41, 5.74) is 2.07. The molecule has 0 spiro atoms. The van der Waals surface area contributed by atoms with Crippen molar-refractivity contribution in [2.24, 2.45) is 5.92 Å². The van der Waals surface area contributed by atoms with E-state index in [2.05, 4.69) is 10.3 Å². The summed E-state index contributed by atoms with van der Waals surface area (Å²) in [5, 5.41) is 2.74. The van der Waals surface area contributed by atoms with Gasteiger partial charge in [0, 0.05) is 24.8 Å². The Morgan fingerprint density at radius 2 is 1.82 bits per heavy atom. The summed E-state index contributed by atoms with van der Waals surface area (Å²) < 4.78 is 21.7. The molecule has 1 atom stereocenters. The predicted octanol–water partition coefficient (Wildman–Crippen LogP) is 3.63. The zero-order valence-corrected chi connectivity index (χ0v) is 18.9. The van der Waals surface area contributed by atoms with Gasteiger partial charge in [-0.3, -0.25) is 9.59 Å².